The van der Waals surface area contributed by atoms with E-state index in [-0.39, 0.29) is 0 Å². The van der Waals surface area contributed by atoms with Crippen LogP contribution >= 0.6 is 0 Å². The molecule has 40 heavy (non-hydrogen) atoms. The van der Waals surface area contributed by atoms with Gasteiger partial charge in [0.25, 0.3) is 0 Å². The third-order valence-corrected chi connectivity index (χ3v) is 8.16. The molecule has 8 rings (SSSR count). The van der Waals surface area contributed by atoms with Crippen LogP contribution in [0.15, 0.2) is 126 Å². The van der Waals surface area contributed by atoms with Crippen molar-refractivity contribution in [2.24, 2.45) is 0 Å². The van der Waals surface area contributed by atoms with Crippen LogP contribution in [0, 0.1) is 13.8 Å². The number of hydrogen-bond donors (Lipinski definition) is 0. The molecular weight excluding hydrogens is 488 g/mol. The van der Waals surface area contributed by atoms with Crippen LogP contribution < -0.4 is 0 Å². The second-order valence-corrected chi connectivity index (χ2v) is 10.4. The smallest absolute Gasteiger partial charge is 0.159 e. The maximum atomic E-state index is 6.59. The molecule has 0 N–H and O–H groups in total. The average molecular weight is 515 g/mol. The van der Waals surface area contributed by atoms with Gasteiger partial charge in [0.2, 0.25) is 0 Å². The fourth-order valence-corrected chi connectivity index (χ4v) is 6.19. The van der Waals surface area contributed by atoms with E-state index in [9.17, 15) is 0 Å². The molecule has 3 heteroatoms. The van der Waals surface area contributed by atoms with Crippen molar-refractivity contribution < 1.29 is 4.42 Å². The molecule has 0 bridgehead atoms. The highest BCUT2D eigenvalue weighted by Gasteiger charge is 2.23. The Morgan fingerprint density at radius 3 is 1.90 bits per heavy atom. The normalized spacial score (nSPS) is 11.8. The summed E-state index contributed by atoms with van der Waals surface area (Å²) >= 11 is 0. The Bertz CT molecular complexity index is 2160. The first-order valence-electron chi connectivity index (χ1n) is 13.7. The van der Waals surface area contributed by atoms with Gasteiger partial charge < -0.3 is 4.42 Å². The van der Waals surface area contributed by atoms with Gasteiger partial charge in [0.1, 0.15) is 11.6 Å². The SMILES string of the molecule is Cc1oc2c(c1C)c1ccccc1c1c3ccccc3n(-c3cc(-c4ccccc4)cc(-c4ccccc4)n3)c21. The predicted molar refractivity (Wildman–Crippen MR) is 166 cm³/mol. The number of fused-ring (bicyclic) bond motifs is 8. The molecule has 0 aliphatic heterocycles. The molecule has 0 unspecified atom stereocenters. The summed E-state index contributed by atoms with van der Waals surface area (Å²) in [5.74, 6) is 1.81. The molecule has 0 saturated heterocycles. The molecule has 0 atom stereocenters. The molecule has 5 aromatic carbocycles. The summed E-state index contributed by atoms with van der Waals surface area (Å²) < 4.78 is 8.90. The summed E-state index contributed by atoms with van der Waals surface area (Å²) in [5, 5.41) is 6.01. The number of aromatic nitrogens is 2. The molecule has 0 aliphatic carbocycles. The van der Waals surface area contributed by atoms with Crippen LogP contribution in [0.1, 0.15) is 11.3 Å². The number of benzene rings is 5. The molecule has 8 aromatic rings. The van der Waals surface area contributed by atoms with Crippen molar-refractivity contribution in [1.82, 2.24) is 9.55 Å². The van der Waals surface area contributed by atoms with E-state index in [1.807, 2.05) is 6.07 Å². The molecular formula is C37H26N2O. The van der Waals surface area contributed by atoms with Gasteiger partial charge in [-0.15, -0.1) is 0 Å². The van der Waals surface area contributed by atoms with Crippen molar-refractivity contribution in [2.45, 2.75) is 13.8 Å². The number of rotatable bonds is 3. The van der Waals surface area contributed by atoms with Crippen molar-refractivity contribution in [3.63, 3.8) is 0 Å². The van der Waals surface area contributed by atoms with E-state index in [2.05, 4.69) is 134 Å². The molecule has 0 spiro atoms. The Morgan fingerprint density at radius 1 is 0.575 bits per heavy atom. The van der Waals surface area contributed by atoms with Crippen molar-refractivity contribution in [3.05, 3.63) is 133 Å². The lowest BCUT2D eigenvalue weighted by molar-refractivity contribution is 0.577. The van der Waals surface area contributed by atoms with Crippen LogP contribution in [0.4, 0.5) is 0 Å². The van der Waals surface area contributed by atoms with Gasteiger partial charge in [-0.1, -0.05) is 103 Å². The van der Waals surface area contributed by atoms with Crippen LogP contribution in [0.2, 0.25) is 0 Å². The maximum absolute atomic E-state index is 6.59. The number of hydrogen-bond acceptors (Lipinski definition) is 2. The van der Waals surface area contributed by atoms with Gasteiger partial charge in [0.15, 0.2) is 5.58 Å². The Hall–Kier alpha value is -5.15. The van der Waals surface area contributed by atoms with Gasteiger partial charge in [-0.3, -0.25) is 4.57 Å². The number of aryl methyl sites for hydroxylation is 2. The minimum absolute atomic E-state index is 0.870. The molecule has 3 aromatic heterocycles. The van der Waals surface area contributed by atoms with Crippen LogP contribution in [0.25, 0.3) is 71.7 Å². The summed E-state index contributed by atoms with van der Waals surface area (Å²) in [6.45, 7) is 4.22. The van der Waals surface area contributed by atoms with Crippen LogP contribution in [0.5, 0.6) is 0 Å². The minimum Gasteiger partial charge on any atom is -0.459 e. The van der Waals surface area contributed by atoms with Crippen molar-refractivity contribution in [2.75, 3.05) is 0 Å². The van der Waals surface area contributed by atoms with Crippen molar-refractivity contribution in [3.8, 4) is 28.2 Å². The minimum atomic E-state index is 0.870. The molecule has 3 heterocycles. The summed E-state index contributed by atoms with van der Waals surface area (Å²) in [6.07, 6.45) is 0. The standard InChI is InChI=1S/C37H26N2O/c1-23-24(2)40-37-34(23)28-17-9-10-18-29(28)35-30-19-11-12-20-32(30)39(36(35)37)33-22-27(25-13-5-3-6-14-25)21-31(38-33)26-15-7-4-8-16-26/h3-22H,1-2H3. The number of pyridine rings is 1. The molecule has 0 amide bonds. The fraction of sp³-hybridized carbons (Fsp3) is 0.0541. The zero-order chi connectivity index (χ0) is 26.8. The number of nitrogens with zero attached hydrogens (tertiary/aromatic N) is 2. The van der Waals surface area contributed by atoms with E-state index in [0.717, 1.165) is 50.6 Å². The number of para-hydroxylation sites is 1. The summed E-state index contributed by atoms with van der Waals surface area (Å²) in [7, 11) is 0. The lowest BCUT2D eigenvalue weighted by atomic mass is 9.98. The highest BCUT2D eigenvalue weighted by molar-refractivity contribution is 6.31. The van der Waals surface area contributed by atoms with Gasteiger partial charge >= 0.3 is 0 Å². The molecule has 0 fully saturated rings. The van der Waals surface area contributed by atoms with Gasteiger partial charge in [-0.25, -0.2) is 4.98 Å². The van der Waals surface area contributed by atoms with Crippen LogP contribution in [-0.2, 0) is 0 Å². The van der Waals surface area contributed by atoms with Gasteiger partial charge in [0, 0.05) is 21.7 Å². The van der Waals surface area contributed by atoms with Crippen LogP contribution in [0.3, 0.4) is 0 Å². The second kappa shape index (κ2) is 8.69. The molecule has 190 valence electrons. The molecule has 0 radical (unpaired) electrons. The highest BCUT2D eigenvalue weighted by Crippen LogP contribution is 2.44. The first-order valence-corrected chi connectivity index (χ1v) is 13.7. The Balaban J connectivity index is 1.58. The third kappa shape index (κ3) is 3.28. The monoisotopic (exact) mass is 514 g/mol. The van der Waals surface area contributed by atoms with E-state index in [1.165, 1.54) is 32.5 Å². The first kappa shape index (κ1) is 22.8. The largest absolute Gasteiger partial charge is 0.459 e. The topological polar surface area (TPSA) is 31.0 Å². The lowest BCUT2D eigenvalue weighted by Crippen LogP contribution is -2.00. The fourth-order valence-electron chi connectivity index (χ4n) is 6.19. The Morgan fingerprint density at radius 2 is 1.18 bits per heavy atom. The lowest BCUT2D eigenvalue weighted by Gasteiger charge is -2.13. The zero-order valence-electron chi connectivity index (χ0n) is 22.3. The van der Waals surface area contributed by atoms with E-state index in [0.29, 0.717) is 0 Å². The van der Waals surface area contributed by atoms with Gasteiger partial charge in [-0.05, 0) is 59.5 Å². The van der Waals surface area contributed by atoms with Crippen LogP contribution in [-0.4, -0.2) is 9.55 Å². The summed E-state index contributed by atoms with van der Waals surface area (Å²) in [4.78, 5) is 5.31. The number of furan rings is 1. The van der Waals surface area contributed by atoms with E-state index in [1.54, 1.807) is 0 Å². The van der Waals surface area contributed by atoms with Gasteiger partial charge in [-0.2, -0.15) is 0 Å². The predicted octanol–water partition coefficient (Wildman–Crippen LogP) is 10.0. The van der Waals surface area contributed by atoms with Crippen molar-refractivity contribution >= 4 is 43.5 Å². The first-order chi connectivity index (χ1) is 19.7. The molecule has 0 saturated carbocycles. The van der Waals surface area contributed by atoms with E-state index >= 15 is 0 Å². The van der Waals surface area contributed by atoms with Crippen molar-refractivity contribution in [1.29, 1.82) is 0 Å². The second-order valence-electron chi connectivity index (χ2n) is 10.4. The highest BCUT2D eigenvalue weighted by atomic mass is 16.3. The molecule has 3 nitrogen and oxygen atoms in total. The zero-order valence-corrected chi connectivity index (χ0v) is 22.3. The van der Waals surface area contributed by atoms with E-state index < -0.39 is 0 Å². The van der Waals surface area contributed by atoms with E-state index in [4.69, 9.17) is 9.40 Å². The van der Waals surface area contributed by atoms with Gasteiger partial charge in [0.05, 0.1) is 16.7 Å². The molecule has 0 aliphatic rings. The summed E-state index contributed by atoms with van der Waals surface area (Å²) in [5.41, 5.74) is 8.56. The summed E-state index contributed by atoms with van der Waals surface area (Å²) in [6, 6.07) is 42.7. The maximum Gasteiger partial charge on any atom is 0.159 e. The third-order valence-electron chi connectivity index (χ3n) is 8.16. The quantitative estimate of drug-likeness (QED) is 0.235. The average Bonchev–Trinajstić information content (AvgIpc) is 3.52. The Labute approximate surface area is 231 Å². The Kier molecular flexibility index (Phi) is 4.95.